The lowest BCUT2D eigenvalue weighted by atomic mass is 9.93. The Kier molecular flexibility index (Phi) is 7.44. The summed E-state index contributed by atoms with van der Waals surface area (Å²) in [4.78, 5) is 0. The molecule has 0 spiro atoms. The molecular formula is C12H19BrO2. The highest BCUT2D eigenvalue weighted by Gasteiger charge is 2.22. The van der Waals surface area contributed by atoms with E-state index in [1.807, 2.05) is 13.8 Å². The fourth-order valence-electron chi connectivity index (χ4n) is 1.41. The highest BCUT2D eigenvalue weighted by molar-refractivity contribution is 9.11. The number of rotatable bonds is 3. The molecule has 1 aliphatic heterocycles. The van der Waals surface area contributed by atoms with Crippen molar-refractivity contribution in [2.45, 2.75) is 20.3 Å². The molecule has 0 saturated heterocycles. The average Bonchev–Trinajstić information content (AvgIpc) is 2.30. The second-order valence-corrected chi connectivity index (χ2v) is 3.87. The number of hydrogen-bond acceptors (Lipinski definition) is 2. The fraction of sp³-hybridized carbons (Fsp3) is 0.500. The summed E-state index contributed by atoms with van der Waals surface area (Å²) in [5.41, 5.74) is 0.940. The van der Waals surface area contributed by atoms with Crippen LogP contribution in [-0.4, -0.2) is 18.3 Å². The average molecular weight is 275 g/mol. The van der Waals surface area contributed by atoms with Crippen LogP contribution in [0.25, 0.3) is 0 Å². The van der Waals surface area contributed by atoms with E-state index in [-0.39, 0.29) is 12.5 Å². The number of aliphatic hydroxyl groups excluding tert-OH is 1. The summed E-state index contributed by atoms with van der Waals surface area (Å²) in [6.07, 6.45) is 2.56. The molecule has 0 bridgehead atoms. The maximum Gasteiger partial charge on any atom is 0.136 e. The topological polar surface area (TPSA) is 29.5 Å². The second kappa shape index (κ2) is 7.71. The van der Waals surface area contributed by atoms with E-state index in [1.165, 1.54) is 0 Å². The van der Waals surface area contributed by atoms with Crippen LogP contribution < -0.4 is 0 Å². The van der Waals surface area contributed by atoms with Gasteiger partial charge in [0.15, 0.2) is 0 Å². The molecule has 0 radical (unpaired) electrons. The van der Waals surface area contributed by atoms with Gasteiger partial charge >= 0.3 is 0 Å². The Labute approximate surface area is 100 Å². The van der Waals surface area contributed by atoms with E-state index in [0.29, 0.717) is 11.1 Å². The molecule has 0 aliphatic carbocycles. The summed E-state index contributed by atoms with van der Waals surface area (Å²) in [5.74, 6) is 0.857. The molecule has 1 aliphatic rings. The van der Waals surface area contributed by atoms with Gasteiger partial charge in [-0.25, -0.2) is 0 Å². The van der Waals surface area contributed by atoms with Crippen LogP contribution in [0.15, 0.2) is 35.0 Å². The SMILES string of the molecule is C=CC1=C(C(=C)Br)OCCC1CO.CC. The quantitative estimate of drug-likeness (QED) is 0.855. The summed E-state index contributed by atoms with van der Waals surface area (Å²) in [6.45, 7) is 12.2. The molecule has 15 heavy (non-hydrogen) atoms. The molecule has 1 rings (SSSR count). The van der Waals surface area contributed by atoms with Gasteiger partial charge in [0.25, 0.3) is 0 Å². The van der Waals surface area contributed by atoms with Crippen LogP contribution in [0.1, 0.15) is 20.3 Å². The van der Waals surface area contributed by atoms with Gasteiger partial charge in [-0.15, -0.1) is 0 Å². The first kappa shape index (κ1) is 14.5. The molecule has 1 unspecified atom stereocenters. The van der Waals surface area contributed by atoms with Crippen LogP contribution in [0.3, 0.4) is 0 Å². The first-order valence-electron chi connectivity index (χ1n) is 5.15. The van der Waals surface area contributed by atoms with E-state index in [0.717, 1.165) is 17.8 Å². The van der Waals surface area contributed by atoms with Gasteiger partial charge in [0.05, 0.1) is 17.7 Å². The third kappa shape index (κ3) is 3.84. The standard InChI is InChI=1S/C10H13BrO2.C2H6/c1-3-9-8(6-12)4-5-13-10(9)7(2)11;1-2/h3,8,12H,1-2,4-6H2;1-2H3. The maximum absolute atomic E-state index is 9.11. The first-order valence-corrected chi connectivity index (χ1v) is 5.95. The summed E-state index contributed by atoms with van der Waals surface area (Å²) in [7, 11) is 0. The molecule has 1 atom stereocenters. The normalized spacial score (nSPS) is 19.9. The van der Waals surface area contributed by atoms with Crippen LogP contribution in [0.2, 0.25) is 0 Å². The van der Waals surface area contributed by atoms with Crippen LogP contribution in [-0.2, 0) is 4.74 Å². The second-order valence-electron chi connectivity index (χ2n) is 2.91. The third-order valence-electron chi connectivity index (χ3n) is 2.10. The lowest BCUT2D eigenvalue weighted by Crippen LogP contribution is -2.19. The Morgan fingerprint density at radius 1 is 1.67 bits per heavy atom. The van der Waals surface area contributed by atoms with E-state index in [1.54, 1.807) is 6.08 Å². The zero-order valence-electron chi connectivity index (χ0n) is 9.42. The molecule has 86 valence electrons. The number of aliphatic hydroxyl groups is 1. The molecule has 0 aromatic rings. The largest absolute Gasteiger partial charge is 0.492 e. The Hall–Kier alpha value is -0.540. The number of ether oxygens (including phenoxy) is 1. The predicted molar refractivity (Wildman–Crippen MR) is 67.8 cm³/mol. The van der Waals surface area contributed by atoms with E-state index < -0.39 is 0 Å². The minimum Gasteiger partial charge on any atom is -0.492 e. The van der Waals surface area contributed by atoms with Gasteiger partial charge in [-0.1, -0.05) is 33.1 Å². The molecule has 0 aromatic carbocycles. The van der Waals surface area contributed by atoms with Crippen LogP contribution in [0.5, 0.6) is 0 Å². The minimum atomic E-state index is 0.133. The summed E-state index contributed by atoms with van der Waals surface area (Å²) < 4.78 is 6.13. The molecule has 0 aromatic heterocycles. The van der Waals surface area contributed by atoms with Crippen LogP contribution in [0, 0.1) is 5.92 Å². The highest BCUT2D eigenvalue weighted by Crippen LogP contribution is 2.31. The number of hydrogen-bond donors (Lipinski definition) is 1. The van der Waals surface area contributed by atoms with Crippen molar-refractivity contribution in [1.29, 1.82) is 0 Å². The van der Waals surface area contributed by atoms with Crippen molar-refractivity contribution < 1.29 is 9.84 Å². The monoisotopic (exact) mass is 274 g/mol. The smallest absolute Gasteiger partial charge is 0.136 e. The van der Waals surface area contributed by atoms with Crippen molar-refractivity contribution in [3.63, 3.8) is 0 Å². The van der Waals surface area contributed by atoms with Crippen molar-refractivity contribution in [2.75, 3.05) is 13.2 Å². The molecule has 1 heterocycles. The Morgan fingerprint density at radius 3 is 2.67 bits per heavy atom. The molecule has 1 N–H and O–H groups in total. The predicted octanol–water partition coefficient (Wildman–Crippen LogP) is 3.39. The molecule has 0 saturated carbocycles. The molecule has 2 nitrogen and oxygen atoms in total. The van der Waals surface area contributed by atoms with Crippen molar-refractivity contribution in [1.82, 2.24) is 0 Å². The van der Waals surface area contributed by atoms with Crippen molar-refractivity contribution >= 4 is 15.9 Å². The number of halogens is 1. The van der Waals surface area contributed by atoms with Crippen molar-refractivity contribution in [2.24, 2.45) is 5.92 Å². The fourth-order valence-corrected chi connectivity index (χ4v) is 1.75. The zero-order valence-corrected chi connectivity index (χ0v) is 11.0. The third-order valence-corrected chi connectivity index (χ3v) is 2.46. The van der Waals surface area contributed by atoms with Crippen LogP contribution >= 0.6 is 15.9 Å². The van der Waals surface area contributed by atoms with Crippen molar-refractivity contribution in [3.8, 4) is 0 Å². The lowest BCUT2D eigenvalue weighted by molar-refractivity contribution is 0.145. The Morgan fingerprint density at radius 2 is 2.27 bits per heavy atom. The van der Waals surface area contributed by atoms with Gasteiger partial charge < -0.3 is 9.84 Å². The van der Waals surface area contributed by atoms with Gasteiger partial charge in [0.1, 0.15) is 5.76 Å². The van der Waals surface area contributed by atoms with E-state index in [2.05, 4.69) is 29.1 Å². The summed E-state index contributed by atoms with van der Waals surface area (Å²) in [6, 6.07) is 0. The van der Waals surface area contributed by atoms with Gasteiger partial charge in [-0.05, 0) is 22.4 Å². The van der Waals surface area contributed by atoms with Gasteiger partial charge in [-0.2, -0.15) is 0 Å². The van der Waals surface area contributed by atoms with Gasteiger partial charge in [0, 0.05) is 11.5 Å². The minimum absolute atomic E-state index is 0.133. The van der Waals surface area contributed by atoms with Crippen LogP contribution in [0.4, 0.5) is 0 Å². The van der Waals surface area contributed by atoms with Gasteiger partial charge in [0.2, 0.25) is 0 Å². The Balaban J connectivity index is 0.000000921. The van der Waals surface area contributed by atoms with E-state index in [4.69, 9.17) is 9.84 Å². The number of allylic oxidation sites excluding steroid dienone is 2. The Bertz CT molecular complexity index is 256. The molecule has 0 amide bonds. The molecular weight excluding hydrogens is 256 g/mol. The molecule has 3 heteroatoms. The maximum atomic E-state index is 9.11. The van der Waals surface area contributed by atoms with E-state index in [9.17, 15) is 0 Å². The summed E-state index contributed by atoms with van der Waals surface area (Å²) in [5, 5.41) is 9.11. The van der Waals surface area contributed by atoms with Crippen molar-refractivity contribution in [3.05, 3.63) is 35.0 Å². The highest BCUT2D eigenvalue weighted by atomic mass is 79.9. The van der Waals surface area contributed by atoms with E-state index >= 15 is 0 Å². The lowest BCUT2D eigenvalue weighted by Gasteiger charge is -2.25. The zero-order chi connectivity index (χ0) is 11.8. The molecule has 0 fully saturated rings. The van der Waals surface area contributed by atoms with Gasteiger partial charge in [-0.3, -0.25) is 0 Å². The first-order chi connectivity index (χ1) is 7.20. The summed E-state index contributed by atoms with van der Waals surface area (Å²) >= 11 is 3.27.